The van der Waals surface area contributed by atoms with E-state index in [1.54, 1.807) is 0 Å². The number of benzene rings is 4. The van der Waals surface area contributed by atoms with Crippen LogP contribution in [0.1, 0.15) is 95.9 Å². The van der Waals surface area contributed by atoms with Crippen molar-refractivity contribution in [3.05, 3.63) is 142 Å². The number of fused-ring (bicyclic) bond motifs is 8. The van der Waals surface area contributed by atoms with Crippen molar-refractivity contribution in [3.63, 3.8) is 0 Å². The van der Waals surface area contributed by atoms with E-state index in [1.807, 2.05) is 0 Å². The largest absolute Gasteiger partial charge is 0.0614 e. The van der Waals surface area contributed by atoms with E-state index in [0.717, 1.165) is 0 Å². The van der Waals surface area contributed by atoms with Crippen LogP contribution in [0.2, 0.25) is 0 Å². The Balaban J connectivity index is 1.66. The summed E-state index contributed by atoms with van der Waals surface area (Å²) in [5.41, 5.74) is 14.0. The van der Waals surface area contributed by atoms with Gasteiger partial charge in [-0.05, 0) is 107 Å². The lowest BCUT2D eigenvalue weighted by Crippen LogP contribution is -2.00. The molecule has 0 heterocycles. The average Bonchev–Trinajstić information content (AvgIpc) is 2.96. The van der Waals surface area contributed by atoms with Gasteiger partial charge in [0.25, 0.3) is 0 Å². The zero-order valence-electron chi connectivity index (χ0n) is 22.7. The van der Waals surface area contributed by atoms with Gasteiger partial charge in [0.05, 0.1) is 0 Å². The summed E-state index contributed by atoms with van der Waals surface area (Å²) in [6.07, 6.45) is 15.0. The molecule has 4 aromatic carbocycles. The Morgan fingerprint density at radius 1 is 0.289 bits per heavy atom. The minimum absolute atomic E-state index is 1.17. The molecule has 2 aliphatic rings. The summed E-state index contributed by atoms with van der Waals surface area (Å²) in [6.45, 7) is 0. The van der Waals surface area contributed by atoms with E-state index in [4.69, 9.17) is 0 Å². The van der Waals surface area contributed by atoms with Gasteiger partial charge >= 0.3 is 0 Å². The van der Waals surface area contributed by atoms with E-state index in [0.29, 0.717) is 0 Å². The number of aryl methyl sites for hydroxylation is 4. The Hall–Kier alpha value is -3.38. The number of hydrogen-bond acceptors (Lipinski definition) is 0. The monoisotopic (exact) mass is 496 g/mol. The first-order valence-corrected chi connectivity index (χ1v) is 14.9. The van der Waals surface area contributed by atoms with Gasteiger partial charge in [0.15, 0.2) is 0 Å². The van der Waals surface area contributed by atoms with E-state index in [-0.39, 0.29) is 0 Å². The molecule has 2 aliphatic carbocycles. The van der Waals surface area contributed by atoms with Crippen molar-refractivity contribution in [2.45, 2.75) is 77.0 Å². The fourth-order valence-electron chi connectivity index (χ4n) is 6.46. The third-order valence-electron chi connectivity index (χ3n) is 8.47. The molecule has 0 spiro atoms. The van der Waals surface area contributed by atoms with Crippen molar-refractivity contribution >= 4 is 11.1 Å². The van der Waals surface area contributed by atoms with Crippen LogP contribution in [-0.2, 0) is 25.7 Å². The molecule has 0 unspecified atom stereocenters. The van der Waals surface area contributed by atoms with Gasteiger partial charge in [0, 0.05) is 0 Å². The molecular weight excluding hydrogens is 456 g/mol. The van der Waals surface area contributed by atoms with E-state index in [9.17, 15) is 0 Å². The Kier molecular flexibility index (Phi) is 7.87. The van der Waals surface area contributed by atoms with Gasteiger partial charge in [-0.1, -0.05) is 123 Å². The topological polar surface area (TPSA) is 0 Å². The van der Waals surface area contributed by atoms with Crippen molar-refractivity contribution in [2.24, 2.45) is 0 Å². The summed E-state index contributed by atoms with van der Waals surface area (Å²) >= 11 is 0. The molecule has 4 aromatic rings. The molecule has 0 aliphatic heterocycles. The third kappa shape index (κ3) is 5.86. The van der Waals surface area contributed by atoms with Crippen molar-refractivity contribution in [1.82, 2.24) is 0 Å². The summed E-state index contributed by atoms with van der Waals surface area (Å²) in [7, 11) is 0. The number of hydrogen-bond donors (Lipinski definition) is 0. The van der Waals surface area contributed by atoms with Gasteiger partial charge in [-0.15, -0.1) is 0 Å². The molecule has 192 valence electrons. The lowest BCUT2D eigenvalue weighted by molar-refractivity contribution is 0.640. The normalized spacial score (nSPS) is 16.6. The SMILES string of the molecule is c1cc2cc(c1)C(=C1c3cccc(c3)CCCCCCc3cccc1c3)c1cccc(c1)CCCCCC2. The zero-order valence-corrected chi connectivity index (χ0v) is 22.7. The Bertz CT molecular complexity index is 1200. The van der Waals surface area contributed by atoms with Crippen LogP contribution in [-0.4, -0.2) is 0 Å². The van der Waals surface area contributed by atoms with Gasteiger partial charge in [-0.25, -0.2) is 0 Å². The first-order chi connectivity index (χ1) is 18.8. The minimum atomic E-state index is 1.17. The fourth-order valence-corrected chi connectivity index (χ4v) is 6.46. The van der Waals surface area contributed by atoms with Gasteiger partial charge in [-0.2, -0.15) is 0 Å². The van der Waals surface area contributed by atoms with Crippen LogP contribution >= 0.6 is 0 Å². The minimum Gasteiger partial charge on any atom is -0.0614 e. The van der Waals surface area contributed by atoms with E-state index >= 15 is 0 Å². The highest BCUT2D eigenvalue weighted by molar-refractivity contribution is 6.04. The summed E-state index contributed by atoms with van der Waals surface area (Å²) in [4.78, 5) is 0. The Morgan fingerprint density at radius 2 is 0.553 bits per heavy atom. The maximum atomic E-state index is 2.47. The van der Waals surface area contributed by atoms with Crippen LogP contribution in [0.25, 0.3) is 11.1 Å². The molecule has 0 saturated heterocycles. The first-order valence-electron chi connectivity index (χ1n) is 14.9. The molecule has 0 amide bonds. The second kappa shape index (κ2) is 12.0. The van der Waals surface area contributed by atoms with Crippen LogP contribution in [0.15, 0.2) is 97.1 Å². The van der Waals surface area contributed by atoms with Crippen LogP contribution in [0, 0.1) is 0 Å². The van der Waals surface area contributed by atoms with Crippen molar-refractivity contribution in [1.29, 1.82) is 0 Å². The van der Waals surface area contributed by atoms with E-state index in [2.05, 4.69) is 97.1 Å². The van der Waals surface area contributed by atoms with Crippen LogP contribution in [0.3, 0.4) is 0 Å². The molecule has 0 heteroatoms. The standard InChI is InChI=1S/C38H40/c1-2-6-14-30-18-10-22-34(26-30)37(33-21-9-17-29(25-33)13-5-1)38-35-23-11-19-31(27-35)15-7-3-4-8-16-32-20-12-24-36(38)28-32/h9-12,17-28H,1-8,13-16H2. The highest BCUT2D eigenvalue weighted by Crippen LogP contribution is 2.38. The molecule has 0 fully saturated rings. The fraction of sp³-hybridized carbons (Fsp3) is 0.316. The van der Waals surface area contributed by atoms with Gasteiger partial charge in [-0.3, -0.25) is 0 Å². The molecular formula is C38H40. The molecule has 0 aromatic heterocycles. The van der Waals surface area contributed by atoms with Crippen molar-refractivity contribution in [2.75, 3.05) is 0 Å². The quantitative estimate of drug-likeness (QED) is 0.227. The molecule has 6 rings (SSSR count). The van der Waals surface area contributed by atoms with Crippen molar-refractivity contribution in [3.8, 4) is 0 Å². The van der Waals surface area contributed by atoms with Gasteiger partial charge in [0.2, 0.25) is 0 Å². The van der Waals surface area contributed by atoms with Crippen LogP contribution in [0.4, 0.5) is 0 Å². The maximum Gasteiger partial charge on any atom is -0.00266 e. The molecule has 0 radical (unpaired) electrons. The second-order valence-corrected chi connectivity index (χ2v) is 11.4. The van der Waals surface area contributed by atoms with Crippen LogP contribution in [0.5, 0.6) is 0 Å². The van der Waals surface area contributed by atoms with Gasteiger partial charge < -0.3 is 0 Å². The maximum absolute atomic E-state index is 2.47. The smallest absolute Gasteiger partial charge is 0.00266 e. The molecule has 8 bridgehead atoms. The summed E-state index contributed by atoms with van der Waals surface area (Å²) in [6, 6.07) is 37.7. The average molecular weight is 497 g/mol. The van der Waals surface area contributed by atoms with E-state index < -0.39 is 0 Å². The molecule has 0 nitrogen and oxygen atoms in total. The lowest BCUT2D eigenvalue weighted by atomic mass is 9.83. The number of rotatable bonds is 0. The van der Waals surface area contributed by atoms with E-state index in [1.165, 1.54) is 133 Å². The Morgan fingerprint density at radius 3 is 0.816 bits per heavy atom. The third-order valence-corrected chi connectivity index (χ3v) is 8.47. The highest BCUT2D eigenvalue weighted by Gasteiger charge is 2.18. The molecule has 0 N–H and O–H groups in total. The van der Waals surface area contributed by atoms with Crippen molar-refractivity contribution < 1.29 is 0 Å². The lowest BCUT2D eigenvalue weighted by Gasteiger charge is -2.20. The first kappa shape index (κ1) is 24.9. The van der Waals surface area contributed by atoms with Gasteiger partial charge in [0.1, 0.15) is 0 Å². The molecule has 0 saturated carbocycles. The molecule has 38 heavy (non-hydrogen) atoms. The summed E-state index contributed by atoms with van der Waals surface area (Å²) in [5, 5.41) is 0. The highest BCUT2D eigenvalue weighted by atomic mass is 14.2. The second-order valence-electron chi connectivity index (χ2n) is 11.4. The predicted octanol–water partition coefficient (Wildman–Crippen LogP) is 10.0. The summed E-state index contributed by atoms with van der Waals surface area (Å²) < 4.78 is 0. The zero-order chi connectivity index (χ0) is 25.6. The summed E-state index contributed by atoms with van der Waals surface area (Å²) in [5.74, 6) is 0. The predicted molar refractivity (Wildman–Crippen MR) is 163 cm³/mol. The Labute approximate surface area is 229 Å². The van der Waals surface area contributed by atoms with Crippen LogP contribution < -0.4 is 0 Å². The molecule has 0 atom stereocenters.